The summed E-state index contributed by atoms with van der Waals surface area (Å²) in [6.45, 7) is 3.87. The zero-order chi connectivity index (χ0) is 18.4. The topological polar surface area (TPSA) is 46.2 Å². The molecule has 0 heterocycles. The van der Waals surface area contributed by atoms with Crippen molar-refractivity contribution in [2.45, 2.75) is 30.4 Å². The third-order valence-corrected chi connectivity index (χ3v) is 4.98. The molecule has 0 radical (unpaired) electrons. The number of thioether (sulfide) groups is 1. The molecule has 0 spiro atoms. The molecule has 0 bridgehead atoms. The van der Waals surface area contributed by atoms with Crippen LogP contribution in [0.15, 0.2) is 47.4 Å². The number of rotatable bonds is 7. The summed E-state index contributed by atoms with van der Waals surface area (Å²) in [5.41, 5.74) is 1.67. The van der Waals surface area contributed by atoms with Crippen molar-refractivity contribution in [3.8, 4) is 0 Å². The Morgan fingerprint density at radius 1 is 1.20 bits per heavy atom. The van der Waals surface area contributed by atoms with Crippen LogP contribution in [0.25, 0.3) is 0 Å². The maximum Gasteiger partial charge on any atom is 0.216 e. The van der Waals surface area contributed by atoms with Crippen molar-refractivity contribution in [3.63, 3.8) is 0 Å². The molecule has 25 heavy (non-hydrogen) atoms. The molecule has 0 aromatic heterocycles. The summed E-state index contributed by atoms with van der Waals surface area (Å²) >= 11 is 7.12. The van der Waals surface area contributed by atoms with Crippen LogP contribution in [0.4, 0.5) is 4.39 Å². The fourth-order valence-electron chi connectivity index (χ4n) is 2.26. The number of hydrogen-bond donors (Lipinski definition) is 1. The van der Waals surface area contributed by atoms with Gasteiger partial charge in [0.15, 0.2) is 5.78 Å². The van der Waals surface area contributed by atoms with E-state index in [2.05, 4.69) is 5.32 Å². The molecule has 0 aliphatic rings. The molecule has 0 fully saturated rings. The predicted molar refractivity (Wildman–Crippen MR) is 99.9 cm³/mol. The van der Waals surface area contributed by atoms with E-state index in [1.54, 1.807) is 18.2 Å². The van der Waals surface area contributed by atoms with Crippen LogP contribution in [-0.4, -0.2) is 23.5 Å². The SMILES string of the molecule is CC(=O)NCCc1ccc(C(=O)[C@@H](C)Sc2ccc(F)c(Cl)c2)cc1. The molecule has 1 atom stereocenters. The van der Waals surface area contributed by atoms with Crippen LogP contribution >= 0.6 is 23.4 Å². The second-order valence-electron chi connectivity index (χ2n) is 5.63. The Hall–Kier alpha value is -1.85. The average Bonchev–Trinajstić information content (AvgIpc) is 2.58. The largest absolute Gasteiger partial charge is 0.356 e. The van der Waals surface area contributed by atoms with Crippen molar-refractivity contribution in [2.75, 3.05) is 6.54 Å². The highest BCUT2D eigenvalue weighted by molar-refractivity contribution is 8.00. The molecule has 0 unspecified atom stereocenters. The Bertz CT molecular complexity index is 765. The highest BCUT2D eigenvalue weighted by atomic mass is 35.5. The number of amides is 1. The van der Waals surface area contributed by atoms with Gasteiger partial charge in [-0.2, -0.15) is 0 Å². The van der Waals surface area contributed by atoms with E-state index in [-0.39, 0.29) is 22.0 Å². The van der Waals surface area contributed by atoms with E-state index in [0.717, 1.165) is 10.5 Å². The van der Waals surface area contributed by atoms with Crippen molar-refractivity contribution in [3.05, 3.63) is 64.4 Å². The van der Waals surface area contributed by atoms with E-state index in [4.69, 9.17) is 11.6 Å². The van der Waals surface area contributed by atoms with Crippen LogP contribution in [0.5, 0.6) is 0 Å². The second-order valence-corrected chi connectivity index (χ2v) is 7.45. The molecule has 2 aromatic carbocycles. The first-order chi connectivity index (χ1) is 11.9. The number of hydrogen-bond acceptors (Lipinski definition) is 3. The summed E-state index contributed by atoms with van der Waals surface area (Å²) in [5, 5.41) is 2.47. The number of halogens is 2. The van der Waals surface area contributed by atoms with E-state index in [1.807, 2.05) is 19.1 Å². The van der Waals surface area contributed by atoms with Crippen molar-refractivity contribution < 1.29 is 14.0 Å². The van der Waals surface area contributed by atoms with Gasteiger partial charge in [-0.15, -0.1) is 11.8 Å². The van der Waals surface area contributed by atoms with Gasteiger partial charge in [-0.05, 0) is 37.1 Å². The molecule has 1 N–H and O–H groups in total. The molecule has 3 nitrogen and oxygen atoms in total. The third kappa shape index (κ3) is 5.87. The minimum atomic E-state index is -0.472. The van der Waals surface area contributed by atoms with Gasteiger partial charge in [-0.1, -0.05) is 35.9 Å². The van der Waals surface area contributed by atoms with Gasteiger partial charge in [0.05, 0.1) is 10.3 Å². The lowest BCUT2D eigenvalue weighted by molar-refractivity contribution is -0.118. The van der Waals surface area contributed by atoms with Crippen LogP contribution in [0.3, 0.4) is 0 Å². The minimum absolute atomic E-state index is 0.00106. The van der Waals surface area contributed by atoms with Gasteiger partial charge < -0.3 is 5.32 Å². The van der Waals surface area contributed by atoms with E-state index < -0.39 is 5.82 Å². The van der Waals surface area contributed by atoms with E-state index in [0.29, 0.717) is 18.5 Å². The summed E-state index contributed by atoms with van der Waals surface area (Å²) in [6, 6.07) is 11.8. The normalized spacial score (nSPS) is 11.8. The van der Waals surface area contributed by atoms with Gasteiger partial charge in [0.25, 0.3) is 0 Å². The molecule has 6 heteroatoms. The van der Waals surface area contributed by atoms with E-state index in [9.17, 15) is 14.0 Å². The van der Waals surface area contributed by atoms with Crippen LogP contribution in [0.2, 0.25) is 5.02 Å². The Labute approximate surface area is 156 Å². The van der Waals surface area contributed by atoms with E-state index >= 15 is 0 Å². The van der Waals surface area contributed by atoms with E-state index in [1.165, 1.54) is 30.8 Å². The average molecular weight is 380 g/mol. The second kappa shape index (κ2) is 9.02. The highest BCUT2D eigenvalue weighted by Crippen LogP contribution is 2.29. The van der Waals surface area contributed by atoms with Crippen molar-refractivity contribution in [1.29, 1.82) is 0 Å². The maximum atomic E-state index is 13.2. The first kappa shape index (κ1) is 19.5. The molecule has 0 saturated carbocycles. The summed E-state index contributed by atoms with van der Waals surface area (Å²) in [7, 11) is 0. The smallest absolute Gasteiger partial charge is 0.216 e. The molecular formula is C19H19ClFNO2S. The predicted octanol–water partition coefficient (Wildman–Crippen LogP) is 4.52. The summed E-state index contributed by atoms with van der Waals surface area (Å²) in [6.07, 6.45) is 0.715. The van der Waals surface area contributed by atoms with Crippen LogP contribution in [0.1, 0.15) is 29.8 Å². The Morgan fingerprint density at radius 3 is 2.48 bits per heavy atom. The number of carbonyl (C=O) groups is 2. The van der Waals surface area contributed by atoms with Gasteiger partial charge in [0, 0.05) is 23.9 Å². The number of benzene rings is 2. The Kier molecular flexibility index (Phi) is 7.02. The lowest BCUT2D eigenvalue weighted by Gasteiger charge is -2.11. The lowest BCUT2D eigenvalue weighted by atomic mass is 10.0. The maximum absolute atomic E-state index is 13.2. The van der Waals surface area contributed by atoms with Gasteiger partial charge >= 0.3 is 0 Å². The van der Waals surface area contributed by atoms with Gasteiger partial charge in [-0.3, -0.25) is 9.59 Å². The molecule has 132 valence electrons. The van der Waals surface area contributed by atoms with Crippen LogP contribution < -0.4 is 5.32 Å². The monoisotopic (exact) mass is 379 g/mol. The van der Waals surface area contributed by atoms with Crippen LogP contribution in [0, 0.1) is 5.82 Å². The fourth-order valence-corrected chi connectivity index (χ4v) is 3.49. The Balaban J connectivity index is 1.96. The molecular weight excluding hydrogens is 361 g/mol. The number of nitrogens with one attached hydrogen (secondary N) is 1. The minimum Gasteiger partial charge on any atom is -0.356 e. The number of Topliss-reactive ketones (excluding diaryl/α,β-unsaturated/α-hetero) is 1. The highest BCUT2D eigenvalue weighted by Gasteiger charge is 2.17. The first-order valence-corrected chi connectivity index (χ1v) is 9.12. The fraction of sp³-hybridized carbons (Fsp3) is 0.263. The van der Waals surface area contributed by atoms with Crippen molar-refractivity contribution in [1.82, 2.24) is 5.32 Å². The third-order valence-electron chi connectivity index (χ3n) is 3.60. The lowest BCUT2D eigenvalue weighted by Crippen LogP contribution is -2.22. The molecule has 1 amide bonds. The number of ketones is 1. The zero-order valence-corrected chi connectivity index (χ0v) is 15.6. The molecule has 0 saturated heterocycles. The van der Waals surface area contributed by atoms with Gasteiger partial charge in [0.1, 0.15) is 5.82 Å². The number of carbonyl (C=O) groups excluding carboxylic acids is 2. The van der Waals surface area contributed by atoms with Crippen LogP contribution in [-0.2, 0) is 11.2 Å². The molecule has 2 aromatic rings. The van der Waals surface area contributed by atoms with Gasteiger partial charge in [-0.25, -0.2) is 4.39 Å². The summed E-state index contributed by atoms with van der Waals surface area (Å²) < 4.78 is 13.2. The Morgan fingerprint density at radius 2 is 1.88 bits per heavy atom. The molecule has 2 rings (SSSR count). The molecule has 0 aliphatic heterocycles. The zero-order valence-electron chi connectivity index (χ0n) is 14.0. The summed E-state index contributed by atoms with van der Waals surface area (Å²) in [4.78, 5) is 24.1. The van der Waals surface area contributed by atoms with Crippen molar-refractivity contribution in [2.24, 2.45) is 0 Å². The van der Waals surface area contributed by atoms with Gasteiger partial charge in [0.2, 0.25) is 5.91 Å². The standard InChI is InChI=1S/C19H19ClFNO2S/c1-12(25-16-7-8-18(21)17(20)11-16)19(24)15-5-3-14(4-6-15)9-10-22-13(2)23/h3-8,11-12H,9-10H2,1-2H3,(H,22,23)/t12-/m1/s1. The van der Waals surface area contributed by atoms with Crippen molar-refractivity contribution >= 4 is 35.1 Å². The quantitative estimate of drug-likeness (QED) is 0.568. The first-order valence-electron chi connectivity index (χ1n) is 7.86. The summed E-state index contributed by atoms with van der Waals surface area (Å²) in [5.74, 6) is -0.530. The molecule has 0 aliphatic carbocycles.